The predicted molar refractivity (Wildman–Crippen MR) is 209 cm³/mol. The lowest BCUT2D eigenvalue weighted by Crippen LogP contribution is -2.33. The maximum Gasteiger partial charge on any atom is 0.323 e. The average molecular weight is 654 g/mol. The van der Waals surface area contributed by atoms with Gasteiger partial charge in [-0.2, -0.15) is 0 Å². The van der Waals surface area contributed by atoms with Crippen LogP contribution in [0, 0.1) is 6.92 Å². The summed E-state index contributed by atoms with van der Waals surface area (Å²) in [6.45, 7) is 11.4. The van der Waals surface area contributed by atoms with Gasteiger partial charge in [-0.1, -0.05) is 159 Å². The monoisotopic (exact) mass is 653 g/mol. The van der Waals surface area contributed by atoms with Crippen molar-refractivity contribution in [3.63, 3.8) is 0 Å². The molecule has 1 heterocycles. The summed E-state index contributed by atoms with van der Waals surface area (Å²) >= 11 is 0. The number of hydrogen-bond acceptors (Lipinski definition) is 2. The summed E-state index contributed by atoms with van der Waals surface area (Å²) < 4.78 is 0. The summed E-state index contributed by atoms with van der Waals surface area (Å²) in [5.74, 6) is -0.866. The second kappa shape index (κ2) is 13.3. The zero-order chi connectivity index (χ0) is 34.9. The Hall–Kier alpha value is -5.67. The van der Waals surface area contributed by atoms with Crippen LogP contribution in [0.1, 0.15) is 41.7 Å². The van der Waals surface area contributed by atoms with E-state index in [0.29, 0.717) is 0 Å². The minimum atomic E-state index is -0.866. The Morgan fingerprint density at radius 3 is 2.04 bits per heavy atom. The van der Waals surface area contributed by atoms with Gasteiger partial charge in [0.05, 0.1) is 5.69 Å². The van der Waals surface area contributed by atoms with Gasteiger partial charge in [-0.3, -0.25) is 4.79 Å². The second-order valence-corrected chi connectivity index (χ2v) is 14.0. The van der Waals surface area contributed by atoms with Gasteiger partial charge < -0.3 is 10.0 Å². The summed E-state index contributed by atoms with van der Waals surface area (Å²) in [4.78, 5) is 14.5. The fourth-order valence-corrected chi connectivity index (χ4v) is 8.16. The van der Waals surface area contributed by atoms with Crippen LogP contribution in [0.2, 0.25) is 0 Å². The molecular formula is C47H43NO2. The molecule has 1 aliphatic heterocycles. The molecule has 2 unspecified atom stereocenters. The van der Waals surface area contributed by atoms with Crippen molar-refractivity contribution in [3.05, 3.63) is 197 Å². The zero-order valence-electron chi connectivity index (χ0n) is 29.1. The first-order valence-corrected chi connectivity index (χ1v) is 17.4. The van der Waals surface area contributed by atoms with Crippen molar-refractivity contribution in [1.82, 2.24) is 0 Å². The molecule has 0 aromatic heterocycles. The molecular weight excluding hydrogens is 611 g/mol. The van der Waals surface area contributed by atoms with Crippen molar-refractivity contribution in [2.45, 2.75) is 44.4 Å². The third kappa shape index (κ3) is 5.94. The van der Waals surface area contributed by atoms with Gasteiger partial charge in [0.1, 0.15) is 6.54 Å². The first-order valence-electron chi connectivity index (χ1n) is 17.4. The molecule has 0 fully saturated rings. The summed E-state index contributed by atoms with van der Waals surface area (Å²) in [5.41, 5.74) is 8.17. The fourth-order valence-electron chi connectivity index (χ4n) is 8.16. The van der Waals surface area contributed by atoms with E-state index in [1.165, 1.54) is 33.0 Å². The van der Waals surface area contributed by atoms with Crippen LogP contribution in [0.15, 0.2) is 170 Å². The van der Waals surface area contributed by atoms with Gasteiger partial charge in [0.15, 0.2) is 0 Å². The normalized spacial score (nSPS) is 17.7. The van der Waals surface area contributed by atoms with Crippen molar-refractivity contribution in [2.24, 2.45) is 0 Å². The number of benzene rings is 6. The molecule has 50 heavy (non-hydrogen) atoms. The van der Waals surface area contributed by atoms with Crippen molar-refractivity contribution in [3.8, 4) is 0 Å². The van der Waals surface area contributed by atoms with E-state index in [1.807, 2.05) is 23.1 Å². The maximum atomic E-state index is 12.5. The van der Waals surface area contributed by atoms with Gasteiger partial charge in [0, 0.05) is 21.9 Å². The van der Waals surface area contributed by atoms with E-state index in [1.54, 1.807) is 0 Å². The molecule has 248 valence electrons. The molecule has 1 aliphatic rings. The number of anilines is 1. The first-order chi connectivity index (χ1) is 24.2. The van der Waals surface area contributed by atoms with Crippen LogP contribution in [-0.4, -0.2) is 17.6 Å². The maximum absolute atomic E-state index is 12.5. The van der Waals surface area contributed by atoms with Crippen LogP contribution >= 0.6 is 0 Å². The van der Waals surface area contributed by atoms with Crippen molar-refractivity contribution in [1.29, 1.82) is 0 Å². The molecule has 3 heteroatoms. The van der Waals surface area contributed by atoms with Crippen LogP contribution in [-0.2, 0) is 28.5 Å². The highest BCUT2D eigenvalue weighted by Crippen LogP contribution is 2.52. The Labute approximate surface area is 295 Å². The van der Waals surface area contributed by atoms with Crippen LogP contribution in [0.5, 0.6) is 0 Å². The quantitative estimate of drug-likeness (QED) is 0.150. The largest absolute Gasteiger partial charge is 0.480 e. The van der Waals surface area contributed by atoms with Gasteiger partial charge in [-0.25, -0.2) is 0 Å². The number of fused-ring (bicyclic) bond motifs is 4. The Bertz CT molecular complexity index is 2280. The molecule has 0 saturated carbocycles. The number of carbonyl (C=O) groups is 1. The molecule has 0 spiro atoms. The molecule has 0 saturated heterocycles. The number of aryl methyl sites for hydroxylation is 1. The molecule has 3 nitrogen and oxygen atoms in total. The topological polar surface area (TPSA) is 40.5 Å². The number of rotatable bonds is 10. The number of carboxylic acid groups (broad SMARTS) is 1. The van der Waals surface area contributed by atoms with E-state index in [-0.39, 0.29) is 6.54 Å². The smallest absolute Gasteiger partial charge is 0.323 e. The van der Waals surface area contributed by atoms with Crippen LogP contribution in [0.3, 0.4) is 0 Å². The summed E-state index contributed by atoms with van der Waals surface area (Å²) in [6.07, 6.45) is 7.87. The van der Waals surface area contributed by atoms with E-state index < -0.39 is 16.8 Å². The van der Waals surface area contributed by atoms with Gasteiger partial charge in [0.25, 0.3) is 0 Å². The van der Waals surface area contributed by atoms with Gasteiger partial charge in [-0.05, 0) is 82.3 Å². The van der Waals surface area contributed by atoms with Crippen molar-refractivity contribution < 1.29 is 9.90 Å². The molecule has 0 amide bonds. The van der Waals surface area contributed by atoms with Crippen molar-refractivity contribution in [2.75, 3.05) is 11.4 Å². The van der Waals surface area contributed by atoms with Crippen molar-refractivity contribution >= 4 is 33.2 Å². The molecule has 6 aromatic carbocycles. The molecule has 7 rings (SSSR count). The van der Waals surface area contributed by atoms with E-state index in [0.717, 1.165) is 46.1 Å². The molecule has 1 N–H and O–H groups in total. The molecule has 0 aliphatic carbocycles. The summed E-state index contributed by atoms with van der Waals surface area (Å²) in [6, 6.07) is 46.8. The molecule has 2 atom stereocenters. The van der Waals surface area contributed by atoms with E-state index in [9.17, 15) is 9.90 Å². The molecule has 0 radical (unpaired) electrons. The summed E-state index contributed by atoms with van der Waals surface area (Å²) in [5, 5.41) is 14.9. The Balaban J connectivity index is 1.35. The highest BCUT2D eigenvalue weighted by Gasteiger charge is 2.45. The van der Waals surface area contributed by atoms with E-state index in [4.69, 9.17) is 6.58 Å². The minimum Gasteiger partial charge on any atom is -0.480 e. The third-order valence-corrected chi connectivity index (χ3v) is 10.8. The number of hydrogen-bond donors (Lipinski definition) is 1. The Kier molecular flexibility index (Phi) is 8.76. The third-order valence-electron chi connectivity index (χ3n) is 10.8. The summed E-state index contributed by atoms with van der Waals surface area (Å²) in [7, 11) is 0. The van der Waals surface area contributed by atoms with Gasteiger partial charge in [0.2, 0.25) is 0 Å². The number of nitrogens with zero attached hydrogens (tertiary/aromatic N) is 1. The van der Waals surface area contributed by atoms with E-state index >= 15 is 0 Å². The molecule has 6 aromatic rings. The lowest BCUT2D eigenvalue weighted by molar-refractivity contribution is -0.135. The van der Waals surface area contributed by atoms with Crippen LogP contribution in [0.4, 0.5) is 5.69 Å². The number of aliphatic carboxylic acids is 1. The van der Waals surface area contributed by atoms with E-state index in [2.05, 4.69) is 154 Å². The Morgan fingerprint density at radius 1 is 0.780 bits per heavy atom. The van der Waals surface area contributed by atoms with Gasteiger partial charge in [-0.15, -0.1) is 0 Å². The zero-order valence-corrected chi connectivity index (χ0v) is 29.1. The average Bonchev–Trinajstić information content (AvgIpc) is 3.35. The number of carboxylic acids is 1. The fraction of sp³-hybridized carbons (Fsp3) is 0.170. The lowest BCUT2D eigenvalue weighted by Gasteiger charge is -2.34. The minimum absolute atomic E-state index is 0.131. The standard InChI is InChI=1S/C47H43NO2/c1-33(46(3,30-35-17-7-5-8-18-35)41-28-26-37-21-11-13-23-39(37)34(41)2)16-15-25-43-47(4,31-36-19-9-6-10-20-36)42-29-27-38-22-12-14-24-40(38)45(42)48(43)32-44(49)50/h5-29H,1,30-32H2,2-4H3,(H,49,50)/b16-15+,43-25+. The first kappa shape index (κ1) is 32.9. The highest BCUT2D eigenvalue weighted by molar-refractivity contribution is 6.01. The van der Waals surface area contributed by atoms with Crippen LogP contribution in [0.25, 0.3) is 21.5 Å². The second-order valence-electron chi connectivity index (χ2n) is 14.0. The SMILES string of the molecule is C=C(/C=C/C=C1/N(CC(=O)O)c2c(ccc3ccccc23)C1(C)Cc1ccccc1)C(C)(Cc1ccccc1)c1ccc2ccccc2c1C. The van der Waals surface area contributed by atoms with Crippen LogP contribution < -0.4 is 4.90 Å². The highest BCUT2D eigenvalue weighted by atomic mass is 16.4. The predicted octanol–water partition coefficient (Wildman–Crippen LogP) is 10.9. The number of allylic oxidation sites excluding steroid dienone is 5. The molecule has 0 bridgehead atoms. The van der Waals surface area contributed by atoms with Gasteiger partial charge >= 0.3 is 5.97 Å². The Morgan fingerprint density at radius 2 is 1.36 bits per heavy atom. The lowest BCUT2D eigenvalue weighted by atomic mass is 9.70.